The van der Waals surface area contributed by atoms with Gasteiger partial charge < -0.3 is 15.7 Å². The van der Waals surface area contributed by atoms with Gasteiger partial charge in [-0.15, -0.1) is 5.06 Å². The number of hydrogen-bond acceptors (Lipinski definition) is 5. The maximum atomic E-state index is 12.1. The Labute approximate surface area is 137 Å². The van der Waals surface area contributed by atoms with E-state index in [1.54, 1.807) is 6.92 Å². The number of benzene rings is 1. The third kappa shape index (κ3) is 5.33. The molecule has 0 saturated heterocycles. The van der Waals surface area contributed by atoms with Gasteiger partial charge in [0.2, 0.25) is 0 Å². The second kappa shape index (κ2) is 8.08. The van der Waals surface area contributed by atoms with Crippen LogP contribution in [0.4, 0.5) is 0 Å². The first-order chi connectivity index (χ1) is 10.7. The van der Waals surface area contributed by atoms with Crippen LogP contribution in [0.1, 0.15) is 32.8 Å². The van der Waals surface area contributed by atoms with E-state index in [2.05, 4.69) is 0 Å². The Morgan fingerprint density at radius 2 is 1.87 bits per heavy atom. The second-order valence-corrected chi connectivity index (χ2v) is 6.24. The van der Waals surface area contributed by atoms with Crippen LogP contribution in [-0.4, -0.2) is 40.7 Å². The average Bonchev–Trinajstić information content (AvgIpc) is 2.47. The largest absolute Gasteiger partial charge is 0.480 e. The van der Waals surface area contributed by atoms with Crippen molar-refractivity contribution in [3.8, 4) is 0 Å². The summed E-state index contributed by atoms with van der Waals surface area (Å²) in [5.74, 6) is -1.81. The van der Waals surface area contributed by atoms with Gasteiger partial charge in [-0.3, -0.25) is 4.79 Å². The predicted molar refractivity (Wildman–Crippen MR) is 87.5 cm³/mol. The Balaban J connectivity index is 2.70. The molecule has 3 N–H and O–H groups in total. The monoisotopic (exact) mass is 322 g/mol. The number of carbonyl (C=O) groups is 2. The van der Waals surface area contributed by atoms with Crippen LogP contribution in [0.15, 0.2) is 30.3 Å². The highest BCUT2D eigenvalue weighted by molar-refractivity contribution is 5.80. The molecule has 128 valence electrons. The minimum atomic E-state index is -1.17. The molecule has 0 unspecified atom stereocenters. The molecule has 0 bridgehead atoms. The lowest BCUT2D eigenvalue weighted by Crippen LogP contribution is -2.53. The number of nitrogens with zero attached hydrogens (tertiary/aromatic N) is 1. The summed E-state index contributed by atoms with van der Waals surface area (Å²) in [6.07, 6.45) is 0.899. The van der Waals surface area contributed by atoms with Crippen molar-refractivity contribution in [3.05, 3.63) is 35.9 Å². The first-order valence-electron chi connectivity index (χ1n) is 7.67. The number of rotatable bonds is 8. The number of hydroxylamine groups is 2. The maximum absolute atomic E-state index is 12.1. The Bertz CT molecular complexity index is 529. The van der Waals surface area contributed by atoms with E-state index in [0.717, 1.165) is 10.6 Å². The van der Waals surface area contributed by atoms with E-state index in [0.29, 0.717) is 12.8 Å². The third-order valence-electron chi connectivity index (χ3n) is 4.14. The summed E-state index contributed by atoms with van der Waals surface area (Å²) in [4.78, 5) is 28.8. The van der Waals surface area contributed by atoms with Crippen LogP contribution in [0, 0.1) is 5.92 Å². The fourth-order valence-electron chi connectivity index (χ4n) is 1.94. The van der Waals surface area contributed by atoms with Crippen molar-refractivity contribution >= 4 is 11.9 Å². The minimum absolute atomic E-state index is 0.129. The highest BCUT2D eigenvalue weighted by Crippen LogP contribution is 2.17. The van der Waals surface area contributed by atoms with Crippen LogP contribution in [0.2, 0.25) is 0 Å². The standard InChI is InChI=1S/C17H26N2O4/c1-12(2)17(3,18)16(22)23-19(4)14(15(20)21)11-10-13-8-6-5-7-9-13/h5-9,12,14H,10-11,18H2,1-4H3,(H,20,21)/t14-,17-/m0/s1. The summed E-state index contributed by atoms with van der Waals surface area (Å²) < 4.78 is 0. The molecule has 6 nitrogen and oxygen atoms in total. The van der Waals surface area contributed by atoms with E-state index >= 15 is 0 Å². The van der Waals surface area contributed by atoms with Gasteiger partial charge in [0.15, 0.2) is 0 Å². The van der Waals surface area contributed by atoms with E-state index in [1.165, 1.54) is 7.05 Å². The van der Waals surface area contributed by atoms with E-state index in [1.807, 2.05) is 44.2 Å². The van der Waals surface area contributed by atoms with Gasteiger partial charge in [0.05, 0.1) is 0 Å². The molecule has 0 aromatic heterocycles. The van der Waals surface area contributed by atoms with Crippen molar-refractivity contribution in [2.45, 2.75) is 45.2 Å². The lowest BCUT2D eigenvalue weighted by Gasteiger charge is -2.30. The maximum Gasteiger partial charge on any atom is 0.344 e. The zero-order chi connectivity index (χ0) is 17.6. The number of carbonyl (C=O) groups excluding carboxylic acids is 1. The Morgan fingerprint density at radius 1 is 1.30 bits per heavy atom. The normalized spacial score (nSPS) is 15.3. The average molecular weight is 322 g/mol. The molecule has 0 heterocycles. The Kier molecular flexibility index (Phi) is 6.72. The van der Waals surface area contributed by atoms with Gasteiger partial charge >= 0.3 is 11.9 Å². The number of carboxylic acid groups (broad SMARTS) is 1. The molecule has 0 radical (unpaired) electrons. The lowest BCUT2D eigenvalue weighted by atomic mass is 9.90. The number of hydrogen-bond donors (Lipinski definition) is 2. The molecular weight excluding hydrogens is 296 g/mol. The number of aliphatic carboxylic acids is 1. The smallest absolute Gasteiger partial charge is 0.344 e. The molecule has 0 aliphatic heterocycles. The van der Waals surface area contributed by atoms with E-state index in [4.69, 9.17) is 10.6 Å². The third-order valence-corrected chi connectivity index (χ3v) is 4.14. The molecular formula is C17H26N2O4. The molecule has 0 spiro atoms. The van der Waals surface area contributed by atoms with Crippen LogP contribution in [0.5, 0.6) is 0 Å². The van der Waals surface area contributed by atoms with E-state index in [-0.39, 0.29) is 5.92 Å². The number of carboxylic acids is 1. The van der Waals surface area contributed by atoms with Gasteiger partial charge in [-0.1, -0.05) is 44.2 Å². The lowest BCUT2D eigenvalue weighted by molar-refractivity contribution is -0.206. The number of likely N-dealkylation sites (N-methyl/N-ethyl adjacent to an activating group) is 1. The summed E-state index contributed by atoms with van der Waals surface area (Å²) in [6.45, 7) is 5.20. The first kappa shape index (κ1) is 19.1. The van der Waals surface area contributed by atoms with Gasteiger partial charge in [0, 0.05) is 7.05 Å². The zero-order valence-electron chi connectivity index (χ0n) is 14.2. The summed E-state index contributed by atoms with van der Waals surface area (Å²) in [5, 5.41) is 10.5. The molecule has 0 aliphatic rings. The van der Waals surface area contributed by atoms with Crippen LogP contribution in [0.3, 0.4) is 0 Å². The van der Waals surface area contributed by atoms with Crippen molar-refractivity contribution in [3.63, 3.8) is 0 Å². The van der Waals surface area contributed by atoms with Crippen molar-refractivity contribution in [2.75, 3.05) is 7.05 Å². The van der Waals surface area contributed by atoms with E-state index in [9.17, 15) is 14.7 Å². The van der Waals surface area contributed by atoms with Crippen molar-refractivity contribution < 1.29 is 19.5 Å². The number of aryl methyl sites for hydroxylation is 1. The predicted octanol–water partition coefficient (Wildman–Crippen LogP) is 1.84. The van der Waals surface area contributed by atoms with Crippen molar-refractivity contribution in [1.29, 1.82) is 0 Å². The summed E-state index contributed by atoms with van der Waals surface area (Å²) >= 11 is 0. The molecule has 2 atom stereocenters. The van der Waals surface area contributed by atoms with Gasteiger partial charge in [-0.05, 0) is 31.2 Å². The van der Waals surface area contributed by atoms with Crippen molar-refractivity contribution in [1.82, 2.24) is 5.06 Å². The zero-order valence-corrected chi connectivity index (χ0v) is 14.2. The quantitative estimate of drug-likeness (QED) is 0.709. The summed E-state index contributed by atoms with van der Waals surface area (Å²) in [5.41, 5.74) is 5.81. The second-order valence-electron chi connectivity index (χ2n) is 6.24. The van der Waals surface area contributed by atoms with Crippen LogP contribution < -0.4 is 5.73 Å². The minimum Gasteiger partial charge on any atom is -0.480 e. The summed E-state index contributed by atoms with van der Waals surface area (Å²) in [6, 6.07) is 8.64. The van der Waals surface area contributed by atoms with Crippen LogP contribution in [0.25, 0.3) is 0 Å². The molecule has 1 aromatic rings. The van der Waals surface area contributed by atoms with Gasteiger partial charge in [-0.25, -0.2) is 4.79 Å². The first-order valence-corrected chi connectivity index (χ1v) is 7.67. The van der Waals surface area contributed by atoms with Gasteiger partial charge in [-0.2, -0.15) is 0 Å². The topological polar surface area (TPSA) is 92.9 Å². The molecule has 1 rings (SSSR count). The van der Waals surface area contributed by atoms with Gasteiger partial charge in [0.1, 0.15) is 11.6 Å². The fraction of sp³-hybridized carbons (Fsp3) is 0.529. The molecule has 0 amide bonds. The highest BCUT2D eigenvalue weighted by Gasteiger charge is 2.36. The fourth-order valence-corrected chi connectivity index (χ4v) is 1.94. The van der Waals surface area contributed by atoms with E-state index < -0.39 is 23.5 Å². The van der Waals surface area contributed by atoms with Crippen molar-refractivity contribution in [2.24, 2.45) is 11.7 Å². The molecule has 23 heavy (non-hydrogen) atoms. The number of nitrogens with two attached hydrogens (primary N) is 1. The van der Waals surface area contributed by atoms with Gasteiger partial charge in [0.25, 0.3) is 0 Å². The Morgan fingerprint density at radius 3 is 2.35 bits per heavy atom. The van der Waals surface area contributed by atoms with Crippen LogP contribution >= 0.6 is 0 Å². The molecule has 0 aliphatic carbocycles. The summed E-state index contributed by atoms with van der Waals surface area (Å²) in [7, 11) is 1.44. The van der Waals surface area contributed by atoms with Crippen LogP contribution in [-0.2, 0) is 20.8 Å². The molecule has 1 aromatic carbocycles. The Hall–Kier alpha value is -1.92. The molecule has 6 heteroatoms. The highest BCUT2D eigenvalue weighted by atomic mass is 16.7. The molecule has 0 saturated carbocycles. The molecule has 0 fully saturated rings. The SMILES string of the molecule is CC(C)[C@](C)(N)C(=O)ON(C)[C@@H](CCc1ccccc1)C(=O)O.